The number of amides is 1. The molecule has 2 heterocycles. The molecule has 1 amide bonds. The van der Waals surface area contributed by atoms with E-state index in [0.717, 1.165) is 31.6 Å². The molecule has 0 saturated carbocycles. The Kier molecular flexibility index (Phi) is 7.53. The zero-order chi connectivity index (χ0) is 23.3. The summed E-state index contributed by atoms with van der Waals surface area (Å²) in [5, 5.41) is 6.30. The number of amidine groups is 1. The van der Waals surface area contributed by atoms with Gasteiger partial charge in [0.05, 0.1) is 24.2 Å². The number of carbonyl (C=O) groups excluding carboxylic acids is 1. The number of likely N-dealkylation sites (N-methyl/N-ethyl adjacent to an activating group) is 1. The van der Waals surface area contributed by atoms with Crippen LogP contribution in [0.5, 0.6) is 5.75 Å². The van der Waals surface area contributed by atoms with Crippen LogP contribution in [0.15, 0.2) is 47.0 Å². The number of anilines is 3. The number of benzene rings is 1. The summed E-state index contributed by atoms with van der Waals surface area (Å²) >= 11 is 0. The summed E-state index contributed by atoms with van der Waals surface area (Å²) in [6, 6.07) is 4.27. The van der Waals surface area contributed by atoms with E-state index < -0.39 is 0 Å². The second-order valence-electron chi connectivity index (χ2n) is 8.25. The van der Waals surface area contributed by atoms with E-state index in [-0.39, 0.29) is 17.8 Å². The molecule has 1 saturated heterocycles. The quantitative estimate of drug-likeness (QED) is 0.588. The molecule has 172 valence electrons. The summed E-state index contributed by atoms with van der Waals surface area (Å²) in [7, 11) is 5.80. The van der Waals surface area contributed by atoms with Crippen molar-refractivity contribution in [3.63, 3.8) is 0 Å². The van der Waals surface area contributed by atoms with Crippen molar-refractivity contribution in [1.29, 1.82) is 0 Å². The van der Waals surface area contributed by atoms with Gasteiger partial charge < -0.3 is 30.9 Å². The topological polar surface area (TPSA) is 108 Å². The van der Waals surface area contributed by atoms with Crippen molar-refractivity contribution < 1.29 is 9.53 Å². The molecule has 9 heteroatoms. The minimum absolute atomic E-state index is 0.0929. The van der Waals surface area contributed by atoms with Gasteiger partial charge in [-0.15, -0.1) is 0 Å². The van der Waals surface area contributed by atoms with Crippen LogP contribution < -0.4 is 26.0 Å². The first-order valence-electron chi connectivity index (χ1n) is 10.7. The van der Waals surface area contributed by atoms with Crippen LogP contribution in [0.1, 0.15) is 19.8 Å². The fourth-order valence-electron chi connectivity index (χ4n) is 3.82. The summed E-state index contributed by atoms with van der Waals surface area (Å²) in [4.78, 5) is 25.2. The molecule has 3 rings (SSSR count). The van der Waals surface area contributed by atoms with E-state index in [9.17, 15) is 4.79 Å². The van der Waals surface area contributed by atoms with Crippen molar-refractivity contribution in [2.24, 2.45) is 21.6 Å². The van der Waals surface area contributed by atoms with Crippen molar-refractivity contribution in [2.45, 2.75) is 25.8 Å². The van der Waals surface area contributed by atoms with Gasteiger partial charge in [-0.3, -0.25) is 4.79 Å². The molecule has 2 aliphatic heterocycles. The predicted octanol–water partition coefficient (Wildman–Crippen LogP) is 2.64. The number of carbonyl (C=O) groups is 1. The molecule has 1 fully saturated rings. The molecule has 1 aromatic carbocycles. The number of nitrogens with one attached hydrogen (secondary N) is 2. The van der Waals surface area contributed by atoms with Gasteiger partial charge in [-0.05, 0) is 39.1 Å². The first-order valence-corrected chi connectivity index (χ1v) is 10.7. The fourth-order valence-corrected chi connectivity index (χ4v) is 3.82. The Morgan fingerprint density at radius 1 is 1.38 bits per heavy atom. The highest BCUT2D eigenvalue weighted by atomic mass is 16.5. The maximum atomic E-state index is 12.2. The average molecular weight is 440 g/mol. The highest BCUT2D eigenvalue weighted by Crippen LogP contribution is 2.39. The van der Waals surface area contributed by atoms with Gasteiger partial charge in [-0.2, -0.15) is 4.99 Å². The van der Waals surface area contributed by atoms with Crippen LogP contribution in [0.3, 0.4) is 0 Å². The Labute approximate surface area is 189 Å². The van der Waals surface area contributed by atoms with Gasteiger partial charge in [-0.1, -0.05) is 19.6 Å². The predicted molar refractivity (Wildman–Crippen MR) is 132 cm³/mol. The van der Waals surface area contributed by atoms with Gasteiger partial charge in [0, 0.05) is 37.3 Å². The lowest BCUT2D eigenvalue weighted by molar-refractivity contribution is -0.111. The monoisotopic (exact) mass is 439 g/mol. The smallest absolute Gasteiger partial charge is 0.247 e. The maximum Gasteiger partial charge on any atom is 0.247 e. The second kappa shape index (κ2) is 10.3. The molecule has 1 unspecified atom stereocenters. The third-order valence-corrected chi connectivity index (χ3v) is 5.76. The largest absolute Gasteiger partial charge is 0.494 e. The van der Waals surface area contributed by atoms with Gasteiger partial charge in [0.15, 0.2) is 0 Å². The lowest BCUT2D eigenvalue weighted by atomic mass is 10.1. The number of methoxy groups -OCH3 is 1. The lowest BCUT2D eigenvalue weighted by Gasteiger charge is -2.26. The van der Waals surface area contributed by atoms with Gasteiger partial charge in [0.25, 0.3) is 0 Å². The Hall–Kier alpha value is -3.33. The molecular weight excluding hydrogens is 406 g/mol. The van der Waals surface area contributed by atoms with Crippen LogP contribution in [0.2, 0.25) is 0 Å². The SMILES string of the molecule is C=CC(=O)Nc1cc(N/C2=N/C(N)=N\C=C\CC2C)c(OC)cc1N1CC[C@@H](N(C)C)C1. The molecule has 2 atom stereocenters. The maximum absolute atomic E-state index is 12.2. The van der Waals surface area contributed by atoms with E-state index in [1.54, 1.807) is 13.3 Å². The van der Waals surface area contributed by atoms with Crippen molar-refractivity contribution in [3.05, 3.63) is 37.1 Å². The third-order valence-electron chi connectivity index (χ3n) is 5.76. The molecule has 1 aromatic rings. The third kappa shape index (κ3) is 5.47. The first-order chi connectivity index (χ1) is 15.3. The molecule has 2 aliphatic rings. The number of rotatable bonds is 6. The number of allylic oxidation sites excluding steroid dienone is 1. The molecule has 4 N–H and O–H groups in total. The number of nitrogens with two attached hydrogens (primary N) is 1. The molecule has 0 spiro atoms. The van der Waals surface area contributed by atoms with E-state index in [1.807, 2.05) is 18.2 Å². The highest BCUT2D eigenvalue weighted by Gasteiger charge is 2.27. The summed E-state index contributed by atoms with van der Waals surface area (Å²) in [6.07, 6.45) is 6.70. The van der Waals surface area contributed by atoms with E-state index in [1.165, 1.54) is 6.08 Å². The number of hydrogen-bond donors (Lipinski definition) is 3. The van der Waals surface area contributed by atoms with Crippen molar-refractivity contribution in [2.75, 3.05) is 49.8 Å². The van der Waals surface area contributed by atoms with Crippen molar-refractivity contribution in [3.8, 4) is 5.75 Å². The number of hydrogen-bond acceptors (Lipinski definition) is 8. The summed E-state index contributed by atoms with van der Waals surface area (Å²) < 4.78 is 5.70. The molecule has 0 aliphatic carbocycles. The fraction of sp³-hybridized carbons (Fsp3) is 0.435. The van der Waals surface area contributed by atoms with E-state index in [4.69, 9.17) is 10.5 Å². The van der Waals surface area contributed by atoms with Crippen LogP contribution >= 0.6 is 0 Å². The number of ether oxygens (including phenoxy) is 1. The number of aliphatic imine (C=N–C) groups is 2. The van der Waals surface area contributed by atoms with Crippen LogP contribution in [-0.4, -0.2) is 62.9 Å². The second-order valence-corrected chi connectivity index (χ2v) is 8.25. The molecular formula is C23H33N7O2. The van der Waals surface area contributed by atoms with Gasteiger partial charge in [0.1, 0.15) is 11.6 Å². The normalized spacial score (nSPS) is 25.1. The minimum Gasteiger partial charge on any atom is -0.494 e. The standard InChI is InChI=1S/C23H33N7O2/c1-6-21(31)26-17-12-18(27-22-15(2)8-7-10-25-23(24)28-22)20(32-5)13-19(17)30-11-9-16(14-30)29(3)4/h6-7,10,12-13,15-16H,1,8-9,11,14H2,2-5H3,(H,26,31)(H3,24,25,27,28)/b10-7+/t15?,16-/m1/s1. The zero-order valence-electron chi connectivity index (χ0n) is 19.3. The van der Waals surface area contributed by atoms with Crippen LogP contribution in [-0.2, 0) is 4.79 Å². The molecule has 0 radical (unpaired) electrons. The number of guanidine groups is 1. The summed E-state index contributed by atoms with van der Waals surface area (Å²) in [5.41, 5.74) is 8.17. The van der Waals surface area contributed by atoms with Gasteiger partial charge in [0.2, 0.25) is 11.9 Å². The van der Waals surface area contributed by atoms with E-state index in [2.05, 4.69) is 58.0 Å². The zero-order valence-corrected chi connectivity index (χ0v) is 19.3. The average Bonchev–Trinajstić information content (AvgIpc) is 3.25. The van der Waals surface area contributed by atoms with Crippen LogP contribution in [0, 0.1) is 5.92 Å². The minimum atomic E-state index is -0.274. The van der Waals surface area contributed by atoms with Gasteiger partial charge in [-0.25, -0.2) is 4.99 Å². The van der Waals surface area contributed by atoms with Crippen LogP contribution in [0.25, 0.3) is 0 Å². The van der Waals surface area contributed by atoms with Gasteiger partial charge >= 0.3 is 0 Å². The van der Waals surface area contributed by atoms with Crippen LogP contribution in [0.4, 0.5) is 17.1 Å². The lowest BCUT2D eigenvalue weighted by Crippen LogP contribution is -2.32. The van der Waals surface area contributed by atoms with E-state index >= 15 is 0 Å². The van der Waals surface area contributed by atoms with E-state index in [0.29, 0.717) is 29.0 Å². The Balaban J connectivity index is 2.00. The Bertz CT molecular complexity index is 952. The van der Waals surface area contributed by atoms with Crippen molar-refractivity contribution >= 4 is 34.8 Å². The Morgan fingerprint density at radius 3 is 2.81 bits per heavy atom. The summed E-state index contributed by atoms with van der Waals surface area (Å²) in [5.74, 6) is 1.32. The highest BCUT2D eigenvalue weighted by molar-refractivity contribution is 6.07. The van der Waals surface area contributed by atoms with Crippen molar-refractivity contribution in [1.82, 2.24) is 4.90 Å². The molecule has 32 heavy (non-hydrogen) atoms. The Morgan fingerprint density at radius 2 is 2.16 bits per heavy atom. The first kappa shape index (κ1) is 23.3. The molecule has 0 bridgehead atoms. The summed E-state index contributed by atoms with van der Waals surface area (Å²) in [6.45, 7) is 7.39. The number of nitrogens with zero attached hydrogens (tertiary/aromatic N) is 4. The molecule has 9 nitrogen and oxygen atoms in total. The molecule has 0 aromatic heterocycles.